The molecule has 1 saturated heterocycles. The number of aromatic nitrogens is 1. The highest BCUT2D eigenvalue weighted by Crippen LogP contribution is 2.34. The number of hydrazine groups is 1. The first-order valence-electron chi connectivity index (χ1n) is 6.27. The largest absolute Gasteiger partial charge is 0.271 e. The number of nitrogens with two attached hydrogens (primary N) is 1. The number of pyridine rings is 1. The second-order valence-electron chi connectivity index (χ2n) is 4.72. The van der Waals surface area contributed by atoms with Crippen LogP contribution in [-0.4, -0.2) is 16.5 Å². The maximum Gasteiger partial charge on any atom is 0.0702 e. The first-order valence-corrected chi connectivity index (χ1v) is 7.42. The van der Waals surface area contributed by atoms with Gasteiger partial charge in [-0.25, -0.2) is 0 Å². The third-order valence-electron chi connectivity index (χ3n) is 3.60. The van der Waals surface area contributed by atoms with Crippen LogP contribution in [0.3, 0.4) is 0 Å². The van der Waals surface area contributed by atoms with E-state index in [1.807, 2.05) is 24.0 Å². The summed E-state index contributed by atoms with van der Waals surface area (Å²) in [4.78, 5) is 4.35. The minimum Gasteiger partial charge on any atom is -0.271 e. The predicted molar refractivity (Wildman–Crippen MR) is 77.2 cm³/mol. The zero-order chi connectivity index (χ0) is 12.4. The summed E-state index contributed by atoms with van der Waals surface area (Å²) in [6, 6.07) is 10.8. The second kappa shape index (κ2) is 5.26. The zero-order valence-corrected chi connectivity index (χ0v) is 11.0. The lowest BCUT2D eigenvalue weighted by Gasteiger charge is -2.22. The lowest BCUT2D eigenvalue weighted by atomic mass is 9.92. The normalized spacial score (nSPS) is 21.3. The van der Waals surface area contributed by atoms with Gasteiger partial charge in [-0.1, -0.05) is 12.1 Å². The Morgan fingerprint density at radius 1 is 1.39 bits per heavy atom. The summed E-state index contributed by atoms with van der Waals surface area (Å²) in [5, 5.41) is 1.18. The van der Waals surface area contributed by atoms with Gasteiger partial charge >= 0.3 is 0 Å². The molecule has 2 unspecified atom stereocenters. The summed E-state index contributed by atoms with van der Waals surface area (Å²) in [5.74, 6) is 8.83. The van der Waals surface area contributed by atoms with Crippen molar-refractivity contribution in [2.24, 2.45) is 11.8 Å². The number of hydrogen-bond acceptors (Lipinski definition) is 4. The molecule has 4 heteroatoms. The van der Waals surface area contributed by atoms with Crippen LogP contribution in [0.15, 0.2) is 36.5 Å². The van der Waals surface area contributed by atoms with E-state index in [-0.39, 0.29) is 6.04 Å². The number of hydrogen-bond donors (Lipinski definition) is 2. The van der Waals surface area contributed by atoms with Crippen molar-refractivity contribution in [1.82, 2.24) is 10.4 Å². The number of nitrogens with zero attached hydrogens (tertiary/aromatic N) is 1. The fourth-order valence-corrected chi connectivity index (χ4v) is 3.91. The van der Waals surface area contributed by atoms with Crippen molar-refractivity contribution in [3.63, 3.8) is 0 Å². The molecule has 0 bridgehead atoms. The van der Waals surface area contributed by atoms with Gasteiger partial charge in [0.2, 0.25) is 0 Å². The molecule has 0 saturated carbocycles. The van der Waals surface area contributed by atoms with Crippen LogP contribution in [0.4, 0.5) is 0 Å². The van der Waals surface area contributed by atoms with Crippen LogP contribution in [0.5, 0.6) is 0 Å². The summed E-state index contributed by atoms with van der Waals surface area (Å²) < 4.78 is 0. The molecule has 94 valence electrons. The molecule has 2 atom stereocenters. The summed E-state index contributed by atoms with van der Waals surface area (Å²) in [5.41, 5.74) is 5.30. The number of rotatable bonds is 3. The molecule has 0 spiro atoms. The molecular weight excluding hydrogens is 242 g/mol. The summed E-state index contributed by atoms with van der Waals surface area (Å²) in [6.45, 7) is 0. The van der Waals surface area contributed by atoms with Gasteiger partial charge in [0.05, 0.1) is 5.52 Å². The molecule has 1 aliphatic rings. The molecule has 18 heavy (non-hydrogen) atoms. The average molecular weight is 259 g/mol. The lowest BCUT2D eigenvalue weighted by molar-refractivity contribution is 0.401. The fourth-order valence-electron chi connectivity index (χ4n) is 2.61. The molecule has 1 fully saturated rings. The summed E-state index contributed by atoms with van der Waals surface area (Å²) >= 11 is 2.02. The van der Waals surface area contributed by atoms with Gasteiger partial charge in [-0.3, -0.25) is 16.3 Å². The van der Waals surface area contributed by atoms with Gasteiger partial charge < -0.3 is 0 Å². The molecule has 3 rings (SSSR count). The first-order chi connectivity index (χ1) is 8.88. The highest BCUT2D eigenvalue weighted by atomic mass is 32.2. The maximum absolute atomic E-state index is 5.75. The van der Waals surface area contributed by atoms with Crippen LogP contribution >= 0.6 is 11.8 Å². The van der Waals surface area contributed by atoms with E-state index < -0.39 is 0 Å². The molecule has 2 heterocycles. The van der Waals surface area contributed by atoms with E-state index in [0.717, 1.165) is 5.52 Å². The Bertz CT molecular complexity index is 537. The molecule has 0 aliphatic carbocycles. The molecule has 1 aromatic heterocycles. The van der Waals surface area contributed by atoms with Crippen molar-refractivity contribution in [3.05, 3.63) is 42.1 Å². The van der Waals surface area contributed by atoms with Gasteiger partial charge in [0.25, 0.3) is 0 Å². The maximum atomic E-state index is 5.75. The minimum atomic E-state index is 0.254. The minimum absolute atomic E-state index is 0.254. The molecule has 1 aromatic carbocycles. The molecular formula is C14H17N3S. The van der Waals surface area contributed by atoms with Crippen LogP contribution in [0.25, 0.3) is 10.9 Å². The van der Waals surface area contributed by atoms with Gasteiger partial charge in [-0.15, -0.1) is 0 Å². The second-order valence-corrected chi connectivity index (χ2v) is 5.87. The lowest BCUT2D eigenvalue weighted by Crippen LogP contribution is -2.33. The van der Waals surface area contributed by atoms with Gasteiger partial charge in [0.15, 0.2) is 0 Å². The number of fused-ring (bicyclic) bond motifs is 1. The Kier molecular flexibility index (Phi) is 3.50. The Hall–Kier alpha value is -1.10. The van der Waals surface area contributed by atoms with Crippen LogP contribution in [0.2, 0.25) is 0 Å². The third kappa shape index (κ3) is 2.23. The van der Waals surface area contributed by atoms with Crippen LogP contribution in [0.1, 0.15) is 18.0 Å². The highest BCUT2D eigenvalue weighted by Gasteiger charge is 2.25. The standard InChI is InChI=1S/C14H17N3S/c15-17-14(12-5-7-18-9-12)11-3-4-13-10(8-11)2-1-6-16-13/h1-4,6,8,12,14,17H,5,7,9,15H2. The molecule has 0 radical (unpaired) electrons. The monoisotopic (exact) mass is 259 g/mol. The highest BCUT2D eigenvalue weighted by molar-refractivity contribution is 7.99. The molecule has 2 aromatic rings. The molecule has 3 N–H and O–H groups in total. The Morgan fingerprint density at radius 2 is 2.33 bits per heavy atom. The molecule has 0 amide bonds. The average Bonchev–Trinajstić information content (AvgIpc) is 2.93. The van der Waals surface area contributed by atoms with Crippen molar-refractivity contribution in [2.45, 2.75) is 12.5 Å². The summed E-state index contributed by atoms with van der Waals surface area (Å²) in [6.07, 6.45) is 3.07. The molecule has 3 nitrogen and oxygen atoms in total. The van der Waals surface area contributed by atoms with E-state index >= 15 is 0 Å². The Balaban J connectivity index is 1.96. The third-order valence-corrected chi connectivity index (χ3v) is 4.79. The van der Waals surface area contributed by atoms with E-state index in [9.17, 15) is 0 Å². The number of nitrogens with one attached hydrogen (secondary N) is 1. The van der Waals surface area contributed by atoms with Crippen molar-refractivity contribution >= 4 is 22.7 Å². The van der Waals surface area contributed by atoms with E-state index in [1.54, 1.807) is 0 Å². The van der Waals surface area contributed by atoms with Crippen LogP contribution in [-0.2, 0) is 0 Å². The fraction of sp³-hybridized carbons (Fsp3) is 0.357. The van der Waals surface area contributed by atoms with E-state index in [2.05, 4.69) is 34.7 Å². The van der Waals surface area contributed by atoms with Gasteiger partial charge in [0, 0.05) is 17.6 Å². The van der Waals surface area contributed by atoms with Crippen LogP contribution in [0, 0.1) is 5.92 Å². The summed E-state index contributed by atoms with van der Waals surface area (Å²) in [7, 11) is 0. The Morgan fingerprint density at radius 3 is 3.11 bits per heavy atom. The number of benzene rings is 1. The van der Waals surface area contributed by atoms with E-state index in [0.29, 0.717) is 5.92 Å². The zero-order valence-electron chi connectivity index (χ0n) is 10.2. The Labute approximate surface area is 111 Å². The smallest absolute Gasteiger partial charge is 0.0702 e. The van der Waals surface area contributed by atoms with E-state index in [1.165, 1.54) is 28.9 Å². The van der Waals surface area contributed by atoms with Gasteiger partial charge in [-0.05, 0) is 47.6 Å². The molecule has 1 aliphatic heterocycles. The van der Waals surface area contributed by atoms with Gasteiger partial charge in [0.1, 0.15) is 0 Å². The quantitative estimate of drug-likeness (QED) is 0.657. The SMILES string of the molecule is NNC(c1ccc2ncccc2c1)C1CCSC1. The van der Waals surface area contributed by atoms with E-state index in [4.69, 9.17) is 5.84 Å². The number of thioether (sulfide) groups is 1. The van der Waals surface area contributed by atoms with Gasteiger partial charge in [-0.2, -0.15) is 11.8 Å². The first kappa shape index (κ1) is 12.0. The van der Waals surface area contributed by atoms with Crippen LogP contribution < -0.4 is 11.3 Å². The topological polar surface area (TPSA) is 50.9 Å². The van der Waals surface area contributed by atoms with Crippen molar-refractivity contribution in [2.75, 3.05) is 11.5 Å². The van der Waals surface area contributed by atoms with Crippen molar-refractivity contribution in [1.29, 1.82) is 0 Å². The van der Waals surface area contributed by atoms with Crippen molar-refractivity contribution < 1.29 is 0 Å². The van der Waals surface area contributed by atoms with Crippen molar-refractivity contribution in [3.8, 4) is 0 Å². The predicted octanol–water partition coefficient (Wildman–Crippen LogP) is 2.49.